The molecule has 0 amide bonds. The molecule has 0 radical (unpaired) electrons. The summed E-state index contributed by atoms with van der Waals surface area (Å²) in [6.07, 6.45) is 3.91. The van der Waals surface area contributed by atoms with E-state index < -0.39 is 0 Å². The lowest BCUT2D eigenvalue weighted by Crippen LogP contribution is -2.44. The average molecular weight is 355 g/mol. The minimum absolute atomic E-state index is 0. The Hall–Kier alpha value is -0.130. The van der Waals surface area contributed by atoms with Gasteiger partial charge in [0.05, 0.1) is 6.04 Å². The number of pyridine rings is 1. The van der Waals surface area contributed by atoms with Gasteiger partial charge in [-0.25, -0.2) is 4.98 Å². The molecule has 1 aromatic rings. The van der Waals surface area contributed by atoms with Crippen LogP contribution in [0.1, 0.15) is 11.6 Å². The first kappa shape index (κ1) is 17.9. The average Bonchev–Trinajstić information content (AvgIpc) is 2.34. The SMILES string of the molecule is C=C[C@H](c1ccc(Br)nc1)N1CCNCC1.Cl.Cl. The summed E-state index contributed by atoms with van der Waals surface area (Å²) in [5.74, 6) is 0. The summed E-state index contributed by atoms with van der Waals surface area (Å²) in [4.78, 5) is 6.69. The fourth-order valence-corrected chi connectivity index (χ4v) is 2.25. The summed E-state index contributed by atoms with van der Waals surface area (Å²) >= 11 is 3.35. The van der Waals surface area contributed by atoms with Gasteiger partial charge in [-0.2, -0.15) is 0 Å². The van der Waals surface area contributed by atoms with Crippen molar-refractivity contribution in [2.24, 2.45) is 0 Å². The fraction of sp³-hybridized carbons (Fsp3) is 0.417. The molecule has 102 valence electrons. The summed E-state index contributed by atoms with van der Waals surface area (Å²) < 4.78 is 0.874. The molecular weight excluding hydrogens is 337 g/mol. The molecule has 1 saturated heterocycles. The van der Waals surface area contributed by atoms with Crippen LogP contribution in [0.4, 0.5) is 0 Å². The highest BCUT2D eigenvalue weighted by Crippen LogP contribution is 2.22. The maximum Gasteiger partial charge on any atom is 0.106 e. The van der Waals surface area contributed by atoms with E-state index in [0.717, 1.165) is 30.8 Å². The molecule has 6 heteroatoms. The quantitative estimate of drug-likeness (QED) is 0.668. The fourth-order valence-electron chi connectivity index (χ4n) is 2.02. The number of nitrogens with one attached hydrogen (secondary N) is 1. The van der Waals surface area contributed by atoms with Crippen LogP contribution in [0.2, 0.25) is 0 Å². The maximum absolute atomic E-state index is 4.27. The van der Waals surface area contributed by atoms with Crippen molar-refractivity contribution in [2.75, 3.05) is 26.2 Å². The molecule has 1 aromatic heterocycles. The van der Waals surface area contributed by atoms with E-state index in [-0.39, 0.29) is 30.9 Å². The Labute approximate surface area is 129 Å². The molecule has 1 N–H and O–H groups in total. The summed E-state index contributed by atoms with van der Waals surface area (Å²) in [6, 6.07) is 4.36. The zero-order valence-electron chi connectivity index (χ0n) is 10.0. The van der Waals surface area contributed by atoms with Gasteiger partial charge < -0.3 is 5.32 Å². The Balaban J connectivity index is 0.00000144. The van der Waals surface area contributed by atoms with Crippen molar-refractivity contribution >= 4 is 40.7 Å². The van der Waals surface area contributed by atoms with Crippen molar-refractivity contribution in [1.29, 1.82) is 0 Å². The number of rotatable bonds is 3. The van der Waals surface area contributed by atoms with Crippen LogP contribution < -0.4 is 5.32 Å². The van der Waals surface area contributed by atoms with E-state index in [9.17, 15) is 0 Å². The topological polar surface area (TPSA) is 28.2 Å². The van der Waals surface area contributed by atoms with Crippen LogP contribution in [0, 0.1) is 0 Å². The minimum Gasteiger partial charge on any atom is -0.314 e. The second-order valence-electron chi connectivity index (χ2n) is 3.88. The second-order valence-corrected chi connectivity index (χ2v) is 4.69. The van der Waals surface area contributed by atoms with E-state index in [1.807, 2.05) is 18.3 Å². The third-order valence-corrected chi connectivity index (χ3v) is 3.33. The minimum atomic E-state index is 0. The van der Waals surface area contributed by atoms with Gasteiger partial charge >= 0.3 is 0 Å². The van der Waals surface area contributed by atoms with Crippen LogP contribution in [-0.4, -0.2) is 36.1 Å². The Bertz CT molecular complexity index is 353. The number of hydrogen-bond donors (Lipinski definition) is 1. The molecule has 2 rings (SSSR count). The second kappa shape index (κ2) is 8.88. The lowest BCUT2D eigenvalue weighted by atomic mass is 10.1. The van der Waals surface area contributed by atoms with Gasteiger partial charge in [0, 0.05) is 32.4 Å². The molecule has 0 spiro atoms. The normalized spacial score (nSPS) is 17.2. The third kappa shape index (κ3) is 4.52. The van der Waals surface area contributed by atoms with E-state index in [2.05, 4.69) is 43.8 Å². The molecule has 0 bridgehead atoms. The van der Waals surface area contributed by atoms with Gasteiger partial charge in [-0.3, -0.25) is 4.90 Å². The standard InChI is InChI=1S/C12H16BrN3.2ClH/c1-2-11(16-7-5-14-6-8-16)10-3-4-12(13)15-9-10;;/h2-4,9,11,14H,1,5-8H2;2*1H/t11-;;/m1../s1. The Morgan fingerprint density at radius 3 is 2.50 bits per heavy atom. The van der Waals surface area contributed by atoms with Gasteiger partial charge in [0.1, 0.15) is 4.60 Å². The van der Waals surface area contributed by atoms with Crippen molar-refractivity contribution < 1.29 is 0 Å². The number of piperazine rings is 1. The molecule has 1 aliphatic heterocycles. The first-order chi connectivity index (χ1) is 7.81. The number of nitrogens with zero attached hydrogens (tertiary/aromatic N) is 2. The van der Waals surface area contributed by atoms with E-state index in [1.54, 1.807) is 0 Å². The van der Waals surface area contributed by atoms with Gasteiger partial charge in [-0.15, -0.1) is 31.4 Å². The molecule has 0 unspecified atom stereocenters. The van der Waals surface area contributed by atoms with Crippen molar-refractivity contribution in [3.8, 4) is 0 Å². The molecule has 3 nitrogen and oxygen atoms in total. The number of aromatic nitrogens is 1. The van der Waals surface area contributed by atoms with Crippen LogP contribution in [0.3, 0.4) is 0 Å². The number of halogens is 3. The van der Waals surface area contributed by atoms with E-state index >= 15 is 0 Å². The molecule has 0 aromatic carbocycles. The maximum atomic E-state index is 4.27. The number of hydrogen-bond acceptors (Lipinski definition) is 3. The van der Waals surface area contributed by atoms with E-state index in [0.29, 0.717) is 0 Å². The van der Waals surface area contributed by atoms with Gasteiger partial charge in [-0.05, 0) is 27.6 Å². The molecule has 1 aliphatic rings. The Morgan fingerprint density at radius 1 is 1.33 bits per heavy atom. The predicted molar refractivity (Wildman–Crippen MR) is 83.8 cm³/mol. The van der Waals surface area contributed by atoms with E-state index in [4.69, 9.17) is 0 Å². The van der Waals surface area contributed by atoms with E-state index in [1.165, 1.54) is 5.56 Å². The zero-order chi connectivity index (χ0) is 11.4. The largest absolute Gasteiger partial charge is 0.314 e. The summed E-state index contributed by atoms with van der Waals surface area (Å²) in [6.45, 7) is 8.16. The van der Waals surface area contributed by atoms with Gasteiger partial charge in [0.2, 0.25) is 0 Å². The molecule has 1 fully saturated rings. The Kier molecular flexibility index (Phi) is 8.82. The zero-order valence-corrected chi connectivity index (χ0v) is 13.2. The lowest BCUT2D eigenvalue weighted by molar-refractivity contribution is 0.203. The van der Waals surface area contributed by atoms with Crippen molar-refractivity contribution in [3.05, 3.63) is 41.2 Å². The van der Waals surface area contributed by atoms with Crippen LogP contribution in [-0.2, 0) is 0 Å². The first-order valence-corrected chi connectivity index (χ1v) is 6.29. The highest BCUT2D eigenvalue weighted by atomic mass is 79.9. The Morgan fingerprint density at radius 2 is 2.00 bits per heavy atom. The highest BCUT2D eigenvalue weighted by molar-refractivity contribution is 9.10. The van der Waals surface area contributed by atoms with Gasteiger partial charge in [0.15, 0.2) is 0 Å². The van der Waals surface area contributed by atoms with Crippen molar-refractivity contribution in [3.63, 3.8) is 0 Å². The van der Waals surface area contributed by atoms with Crippen LogP contribution in [0.25, 0.3) is 0 Å². The van der Waals surface area contributed by atoms with Crippen molar-refractivity contribution in [2.45, 2.75) is 6.04 Å². The molecule has 2 heterocycles. The van der Waals surface area contributed by atoms with Crippen LogP contribution >= 0.6 is 40.7 Å². The summed E-state index contributed by atoms with van der Waals surface area (Å²) in [5, 5.41) is 3.36. The molecule has 0 aliphatic carbocycles. The predicted octanol–water partition coefficient (Wildman–Crippen LogP) is 2.82. The first-order valence-electron chi connectivity index (χ1n) is 5.50. The molecular formula is C12H18BrCl2N3. The smallest absolute Gasteiger partial charge is 0.106 e. The summed E-state index contributed by atoms with van der Waals surface area (Å²) in [7, 11) is 0. The highest BCUT2D eigenvalue weighted by Gasteiger charge is 2.19. The van der Waals surface area contributed by atoms with Gasteiger partial charge in [0.25, 0.3) is 0 Å². The lowest BCUT2D eigenvalue weighted by Gasteiger charge is -2.33. The van der Waals surface area contributed by atoms with Crippen LogP contribution in [0.15, 0.2) is 35.6 Å². The monoisotopic (exact) mass is 353 g/mol. The van der Waals surface area contributed by atoms with Crippen molar-refractivity contribution in [1.82, 2.24) is 15.2 Å². The third-order valence-electron chi connectivity index (χ3n) is 2.86. The van der Waals surface area contributed by atoms with Crippen LogP contribution in [0.5, 0.6) is 0 Å². The van der Waals surface area contributed by atoms with Gasteiger partial charge in [-0.1, -0.05) is 12.1 Å². The summed E-state index contributed by atoms with van der Waals surface area (Å²) in [5.41, 5.74) is 1.21. The molecule has 18 heavy (non-hydrogen) atoms. The molecule has 1 atom stereocenters. The molecule has 0 saturated carbocycles.